The minimum atomic E-state index is -0.527. The topological polar surface area (TPSA) is 104 Å². The molecule has 1 aliphatic heterocycles. The summed E-state index contributed by atoms with van der Waals surface area (Å²) in [4.78, 5) is 12.3. The summed E-state index contributed by atoms with van der Waals surface area (Å²) < 4.78 is 11.7. The van der Waals surface area contributed by atoms with Crippen LogP contribution in [0.5, 0.6) is 17.2 Å². The zero-order valence-corrected chi connectivity index (χ0v) is 15.3. The lowest BCUT2D eigenvalue weighted by Crippen LogP contribution is -2.27. The zero-order valence-electron chi connectivity index (χ0n) is 15.3. The molecule has 7 nitrogen and oxygen atoms in total. The van der Waals surface area contributed by atoms with Gasteiger partial charge < -0.3 is 19.4 Å². The van der Waals surface area contributed by atoms with Gasteiger partial charge in [-0.25, -0.2) is 5.43 Å². The summed E-state index contributed by atoms with van der Waals surface area (Å²) in [5.41, 5.74) is 3.66. The van der Waals surface area contributed by atoms with Crippen molar-refractivity contribution in [2.24, 2.45) is 5.10 Å². The lowest BCUT2D eigenvalue weighted by molar-refractivity contribution is 0.0929. The predicted molar refractivity (Wildman–Crippen MR) is 105 cm³/mol. The van der Waals surface area contributed by atoms with Gasteiger partial charge >= 0.3 is 5.91 Å². The van der Waals surface area contributed by atoms with Crippen molar-refractivity contribution in [3.63, 3.8) is 0 Å². The van der Waals surface area contributed by atoms with Gasteiger partial charge in [0.25, 0.3) is 0 Å². The van der Waals surface area contributed by atoms with Gasteiger partial charge in [-0.2, -0.15) is 5.10 Å². The van der Waals surface area contributed by atoms with E-state index in [1.54, 1.807) is 6.07 Å². The molecule has 1 aromatic heterocycles. The largest absolute Gasteiger partial charge is 0.508 e. The van der Waals surface area contributed by atoms with Gasteiger partial charge in [-0.1, -0.05) is 0 Å². The summed E-state index contributed by atoms with van der Waals surface area (Å²) in [7, 11) is 0. The summed E-state index contributed by atoms with van der Waals surface area (Å²) in [6.07, 6.45) is 5.14. The van der Waals surface area contributed by atoms with E-state index >= 15 is 0 Å². The van der Waals surface area contributed by atoms with Crippen LogP contribution in [0.15, 0.2) is 52.0 Å². The van der Waals surface area contributed by atoms with Crippen LogP contribution >= 0.6 is 0 Å². The van der Waals surface area contributed by atoms with Gasteiger partial charge in [-0.15, -0.1) is 0 Å². The molecule has 3 aromatic rings. The fraction of sp³-hybridized carbons (Fsp3) is 0.143. The number of aromatic hydroxyl groups is 2. The van der Waals surface area contributed by atoms with E-state index in [2.05, 4.69) is 10.5 Å². The lowest BCUT2D eigenvalue weighted by Gasteiger charge is -2.27. The molecule has 0 saturated carbocycles. The Hall–Kier alpha value is -3.74. The van der Waals surface area contributed by atoms with Crippen LogP contribution in [0.2, 0.25) is 0 Å². The van der Waals surface area contributed by atoms with E-state index in [4.69, 9.17) is 9.15 Å². The van der Waals surface area contributed by atoms with Crippen molar-refractivity contribution in [3.05, 3.63) is 59.4 Å². The number of furan rings is 1. The number of ether oxygens (including phenoxy) is 1. The molecule has 0 fully saturated rings. The number of benzene rings is 2. The molecule has 0 aliphatic carbocycles. The number of hydrazone groups is 1. The molecule has 0 saturated heterocycles. The molecule has 3 N–H and O–H groups in total. The fourth-order valence-electron chi connectivity index (χ4n) is 2.92. The van der Waals surface area contributed by atoms with Crippen molar-refractivity contribution in [1.82, 2.24) is 5.43 Å². The highest BCUT2D eigenvalue weighted by molar-refractivity contribution is 5.99. The smallest absolute Gasteiger partial charge is 0.307 e. The molecule has 0 atom stereocenters. The van der Waals surface area contributed by atoms with Gasteiger partial charge in [0, 0.05) is 17.0 Å². The molecule has 2 heterocycles. The third-order valence-corrected chi connectivity index (χ3v) is 4.32. The zero-order chi connectivity index (χ0) is 19.9. The third-order valence-electron chi connectivity index (χ3n) is 4.32. The Balaban J connectivity index is 1.56. The van der Waals surface area contributed by atoms with E-state index in [9.17, 15) is 15.0 Å². The van der Waals surface area contributed by atoms with Gasteiger partial charge in [0.2, 0.25) is 0 Å². The molecule has 4 rings (SSSR count). The van der Waals surface area contributed by atoms with Crippen LogP contribution in [0.1, 0.15) is 35.5 Å². The number of nitrogens with zero attached hydrogens (tertiary/aromatic N) is 1. The van der Waals surface area contributed by atoms with Gasteiger partial charge in [-0.3, -0.25) is 4.79 Å². The fourth-order valence-corrected chi connectivity index (χ4v) is 2.92. The Morgan fingerprint density at radius 1 is 1.18 bits per heavy atom. The Kier molecular flexibility index (Phi) is 4.07. The van der Waals surface area contributed by atoms with E-state index in [1.165, 1.54) is 24.4 Å². The highest BCUT2D eigenvalue weighted by Crippen LogP contribution is 2.37. The molecule has 0 radical (unpaired) electrons. The van der Waals surface area contributed by atoms with Gasteiger partial charge in [0.15, 0.2) is 5.76 Å². The van der Waals surface area contributed by atoms with Crippen LogP contribution in [0, 0.1) is 0 Å². The molecule has 7 heteroatoms. The average Bonchev–Trinajstić information content (AvgIpc) is 3.07. The second-order valence-corrected chi connectivity index (χ2v) is 6.99. The van der Waals surface area contributed by atoms with Crippen LogP contribution in [-0.4, -0.2) is 27.9 Å². The van der Waals surface area contributed by atoms with Crippen molar-refractivity contribution in [2.75, 3.05) is 0 Å². The molecule has 0 unspecified atom stereocenters. The van der Waals surface area contributed by atoms with Crippen LogP contribution < -0.4 is 10.2 Å². The number of nitrogens with one attached hydrogen (secondary N) is 1. The average molecular weight is 378 g/mol. The van der Waals surface area contributed by atoms with Crippen molar-refractivity contribution >= 4 is 29.2 Å². The standard InChI is InChI=1S/C21H18N2O5/c1-21(2)8-7-15-17(28-21)6-4-12-9-18(27-19(12)15)20(26)23-22-11-13-3-5-14(24)10-16(13)25/h3-11,24-25H,1-2H3,(H,23,26)/b22-11+. The maximum absolute atomic E-state index is 12.3. The molecule has 1 aliphatic rings. The first-order valence-electron chi connectivity index (χ1n) is 8.63. The predicted octanol–water partition coefficient (Wildman–Crippen LogP) is 3.79. The summed E-state index contributed by atoms with van der Waals surface area (Å²) in [5.74, 6) is 0.0603. The molecule has 28 heavy (non-hydrogen) atoms. The van der Waals surface area contributed by atoms with Gasteiger partial charge in [0.05, 0.1) is 11.8 Å². The summed E-state index contributed by atoms with van der Waals surface area (Å²) >= 11 is 0. The van der Waals surface area contributed by atoms with Crippen LogP contribution in [0.25, 0.3) is 17.0 Å². The number of phenolic OH excluding ortho intramolecular Hbond substituents is 2. The first kappa shape index (κ1) is 17.7. The number of amides is 1. The monoisotopic (exact) mass is 378 g/mol. The summed E-state index contributed by atoms with van der Waals surface area (Å²) in [6, 6.07) is 9.38. The maximum Gasteiger partial charge on any atom is 0.307 e. The van der Waals surface area contributed by atoms with E-state index in [0.29, 0.717) is 16.9 Å². The summed E-state index contributed by atoms with van der Waals surface area (Å²) in [5, 5.41) is 23.6. The van der Waals surface area contributed by atoms with Gasteiger partial charge in [0.1, 0.15) is 28.4 Å². The van der Waals surface area contributed by atoms with E-state index < -0.39 is 11.5 Å². The van der Waals surface area contributed by atoms with Crippen LogP contribution in [0.3, 0.4) is 0 Å². The number of rotatable bonds is 3. The first-order valence-corrected chi connectivity index (χ1v) is 8.63. The first-order chi connectivity index (χ1) is 13.3. The number of carbonyl (C=O) groups is 1. The second kappa shape index (κ2) is 6.45. The SMILES string of the molecule is CC1(C)C=Cc2c(ccc3cc(C(=O)N/N=C/c4ccc(O)cc4O)oc23)O1. The van der Waals surface area contributed by atoms with Crippen LogP contribution in [0.4, 0.5) is 0 Å². The Morgan fingerprint density at radius 2 is 2.00 bits per heavy atom. The molecular weight excluding hydrogens is 360 g/mol. The number of carbonyl (C=O) groups excluding carboxylic acids is 1. The van der Waals surface area contributed by atoms with E-state index in [0.717, 1.165) is 10.9 Å². The molecular formula is C21H18N2O5. The maximum atomic E-state index is 12.3. The minimum Gasteiger partial charge on any atom is -0.508 e. The third kappa shape index (κ3) is 3.29. The number of hydrogen-bond donors (Lipinski definition) is 3. The van der Waals surface area contributed by atoms with Crippen LogP contribution in [-0.2, 0) is 0 Å². The molecule has 0 spiro atoms. The Bertz CT molecular complexity index is 1140. The molecule has 2 aromatic carbocycles. The Morgan fingerprint density at radius 3 is 2.79 bits per heavy atom. The van der Waals surface area contributed by atoms with Crippen molar-refractivity contribution in [2.45, 2.75) is 19.4 Å². The highest BCUT2D eigenvalue weighted by Gasteiger charge is 2.24. The number of fused-ring (bicyclic) bond motifs is 3. The Labute approximate surface area is 160 Å². The lowest BCUT2D eigenvalue weighted by atomic mass is 10.0. The quantitative estimate of drug-likeness (QED) is 0.475. The van der Waals surface area contributed by atoms with E-state index in [-0.39, 0.29) is 17.3 Å². The van der Waals surface area contributed by atoms with Gasteiger partial charge in [-0.05, 0) is 56.3 Å². The normalized spacial score (nSPS) is 14.8. The second-order valence-electron chi connectivity index (χ2n) is 6.99. The molecule has 0 bridgehead atoms. The summed E-state index contributed by atoms with van der Waals surface area (Å²) in [6.45, 7) is 3.92. The number of hydrogen-bond acceptors (Lipinski definition) is 6. The van der Waals surface area contributed by atoms with Crippen molar-refractivity contribution in [3.8, 4) is 17.2 Å². The van der Waals surface area contributed by atoms with Crippen molar-refractivity contribution < 1.29 is 24.2 Å². The highest BCUT2D eigenvalue weighted by atomic mass is 16.5. The molecule has 1 amide bonds. The van der Waals surface area contributed by atoms with E-state index in [1.807, 2.05) is 38.1 Å². The molecule has 142 valence electrons. The van der Waals surface area contributed by atoms with Crippen molar-refractivity contribution in [1.29, 1.82) is 0 Å². The number of phenols is 2. The minimum absolute atomic E-state index is 0.0642.